The first-order valence-electron chi connectivity index (χ1n) is 4.71. The molecule has 13 heavy (non-hydrogen) atoms. The van der Waals surface area contributed by atoms with Gasteiger partial charge >= 0.3 is 0 Å². The van der Waals surface area contributed by atoms with Gasteiger partial charge in [0.1, 0.15) is 0 Å². The van der Waals surface area contributed by atoms with E-state index < -0.39 is 0 Å². The third kappa shape index (κ3) is 1.09. The second kappa shape index (κ2) is 2.69. The average Bonchev–Trinajstić information content (AvgIpc) is 2.75. The van der Waals surface area contributed by atoms with E-state index in [1.54, 1.807) is 11.3 Å². The van der Waals surface area contributed by atoms with Gasteiger partial charge in [-0.05, 0) is 13.5 Å². The summed E-state index contributed by atoms with van der Waals surface area (Å²) in [4.78, 5) is 9.30. The molecule has 0 spiro atoms. The number of hydrogen-bond acceptors (Lipinski definition) is 4. The second-order valence-corrected chi connectivity index (χ2v) is 4.82. The number of anilines is 1. The molecule has 2 bridgehead atoms. The maximum absolute atomic E-state index is 4.37. The molecule has 0 amide bonds. The maximum atomic E-state index is 4.37. The van der Waals surface area contributed by atoms with E-state index in [-0.39, 0.29) is 0 Å². The van der Waals surface area contributed by atoms with Crippen molar-refractivity contribution in [3.05, 3.63) is 11.6 Å². The summed E-state index contributed by atoms with van der Waals surface area (Å²) in [7, 11) is 2.23. The van der Waals surface area contributed by atoms with Crippen molar-refractivity contribution in [2.45, 2.75) is 18.5 Å². The van der Waals surface area contributed by atoms with Crippen LogP contribution in [-0.2, 0) is 0 Å². The van der Waals surface area contributed by atoms with E-state index in [0.717, 1.165) is 12.1 Å². The highest BCUT2D eigenvalue weighted by Gasteiger charge is 2.42. The zero-order chi connectivity index (χ0) is 8.84. The molecule has 2 saturated heterocycles. The highest BCUT2D eigenvalue weighted by molar-refractivity contribution is 7.13. The van der Waals surface area contributed by atoms with Crippen molar-refractivity contribution in [1.82, 2.24) is 9.88 Å². The zero-order valence-electron chi connectivity index (χ0n) is 7.68. The first-order chi connectivity index (χ1) is 6.34. The number of rotatable bonds is 1. The van der Waals surface area contributed by atoms with E-state index in [0.29, 0.717) is 0 Å². The van der Waals surface area contributed by atoms with Gasteiger partial charge < -0.3 is 4.90 Å². The molecule has 70 valence electrons. The zero-order valence-corrected chi connectivity index (χ0v) is 8.50. The van der Waals surface area contributed by atoms with Gasteiger partial charge in [0.05, 0.1) is 0 Å². The second-order valence-electron chi connectivity index (χ2n) is 3.95. The lowest BCUT2D eigenvalue weighted by atomic mass is 10.2. The molecule has 3 rings (SSSR count). The van der Waals surface area contributed by atoms with Gasteiger partial charge in [-0.25, -0.2) is 4.98 Å². The highest BCUT2D eigenvalue weighted by atomic mass is 32.1. The molecule has 0 aliphatic carbocycles. The lowest BCUT2D eigenvalue weighted by molar-refractivity contribution is 0.292. The molecule has 0 N–H and O–H groups in total. The van der Waals surface area contributed by atoms with Crippen molar-refractivity contribution in [3.8, 4) is 0 Å². The van der Waals surface area contributed by atoms with Crippen LogP contribution in [0.5, 0.6) is 0 Å². The van der Waals surface area contributed by atoms with Crippen molar-refractivity contribution < 1.29 is 0 Å². The summed E-state index contributed by atoms with van der Waals surface area (Å²) < 4.78 is 0. The van der Waals surface area contributed by atoms with E-state index in [9.17, 15) is 0 Å². The van der Waals surface area contributed by atoms with E-state index >= 15 is 0 Å². The van der Waals surface area contributed by atoms with Crippen LogP contribution in [0.2, 0.25) is 0 Å². The Labute approximate surface area is 82.0 Å². The van der Waals surface area contributed by atoms with Gasteiger partial charge in [-0.2, -0.15) is 0 Å². The Morgan fingerprint density at radius 2 is 2.38 bits per heavy atom. The minimum atomic E-state index is 0.723. The lowest BCUT2D eigenvalue weighted by Gasteiger charge is -2.31. The summed E-state index contributed by atoms with van der Waals surface area (Å²) in [5, 5.41) is 3.27. The minimum Gasteiger partial charge on any atom is -0.342 e. The first-order valence-corrected chi connectivity index (χ1v) is 5.59. The molecule has 0 radical (unpaired) electrons. The Bertz CT molecular complexity index is 296. The molecule has 2 aliphatic rings. The van der Waals surface area contributed by atoms with Gasteiger partial charge in [-0.1, -0.05) is 0 Å². The fourth-order valence-electron chi connectivity index (χ4n) is 2.46. The molecule has 3 nitrogen and oxygen atoms in total. The van der Waals surface area contributed by atoms with Gasteiger partial charge in [0.25, 0.3) is 0 Å². The number of thiazole rings is 1. The summed E-state index contributed by atoms with van der Waals surface area (Å²) in [5.41, 5.74) is 0. The molecular formula is C9H13N3S. The van der Waals surface area contributed by atoms with Gasteiger partial charge in [-0.3, -0.25) is 4.90 Å². The van der Waals surface area contributed by atoms with Crippen LogP contribution in [0.3, 0.4) is 0 Å². The monoisotopic (exact) mass is 195 g/mol. The van der Waals surface area contributed by atoms with Crippen LogP contribution in [0, 0.1) is 0 Å². The predicted molar refractivity (Wildman–Crippen MR) is 54.3 cm³/mol. The third-order valence-corrected chi connectivity index (χ3v) is 3.99. The Balaban J connectivity index is 1.84. The molecule has 2 fully saturated rings. The van der Waals surface area contributed by atoms with Crippen molar-refractivity contribution >= 4 is 16.5 Å². The molecule has 3 heterocycles. The van der Waals surface area contributed by atoms with Gasteiger partial charge in [0, 0.05) is 36.8 Å². The fourth-order valence-corrected chi connectivity index (χ4v) is 3.18. The summed E-state index contributed by atoms with van der Waals surface area (Å²) in [6.45, 7) is 2.39. The predicted octanol–water partition coefficient (Wildman–Crippen LogP) is 1.04. The summed E-state index contributed by atoms with van der Waals surface area (Å²) in [5.74, 6) is 0. The molecule has 1 aromatic heterocycles. The molecule has 2 unspecified atom stereocenters. The largest absolute Gasteiger partial charge is 0.342 e. The number of hydrogen-bond donors (Lipinski definition) is 0. The molecule has 0 saturated carbocycles. The Morgan fingerprint density at radius 3 is 2.92 bits per heavy atom. The van der Waals surface area contributed by atoms with Gasteiger partial charge in [0.2, 0.25) is 0 Å². The lowest BCUT2D eigenvalue weighted by Crippen LogP contribution is -2.44. The van der Waals surface area contributed by atoms with E-state index in [4.69, 9.17) is 0 Å². The fraction of sp³-hybridized carbons (Fsp3) is 0.667. The topological polar surface area (TPSA) is 19.4 Å². The quantitative estimate of drug-likeness (QED) is 0.667. The SMILES string of the molecule is CN1CC2CC1CN2c1nccs1. The van der Waals surface area contributed by atoms with E-state index in [2.05, 4.69) is 27.2 Å². The number of piperazine rings is 1. The molecule has 0 aromatic carbocycles. The first kappa shape index (κ1) is 7.76. The Hall–Kier alpha value is -0.610. The van der Waals surface area contributed by atoms with E-state index in [1.165, 1.54) is 24.6 Å². The number of likely N-dealkylation sites (tertiary alicyclic amines) is 1. The van der Waals surface area contributed by atoms with Crippen LogP contribution >= 0.6 is 11.3 Å². The van der Waals surface area contributed by atoms with Crippen LogP contribution in [-0.4, -0.2) is 42.1 Å². The summed E-state index contributed by atoms with van der Waals surface area (Å²) >= 11 is 1.76. The van der Waals surface area contributed by atoms with E-state index in [1.807, 2.05) is 6.20 Å². The number of nitrogens with zero attached hydrogens (tertiary/aromatic N) is 3. The number of aromatic nitrogens is 1. The molecule has 4 heteroatoms. The molecule has 1 aromatic rings. The normalized spacial score (nSPS) is 33.2. The summed E-state index contributed by atoms with van der Waals surface area (Å²) in [6.07, 6.45) is 3.23. The Morgan fingerprint density at radius 1 is 1.46 bits per heavy atom. The molecule has 2 aliphatic heterocycles. The van der Waals surface area contributed by atoms with Crippen molar-refractivity contribution in [2.75, 3.05) is 25.0 Å². The minimum absolute atomic E-state index is 0.723. The van der Waals surface area contributed by atoms with Crippen LogP contribution in [0.15, 0.2) is 11.6 Å². The smallest absolute Gasteiger partial charge is 0.185 e. The molecule has 2 atom stereocenters. The molecular weight excluding hydrogens is 182 g/mol. The number of fused-ring (bicyclic) bond motifs is 2. The van der Waals surface area contributed by atoms with Crippen molar-refractivity contribution in [3.63, 3.8) is 0 Å². The van der Waals surface area contributed by atoms with Gasteiger partial charge in [-0.15, -0.1) is 11.3 Å². The van der Waals surface area contributed by atoms with Crippen molar-refractivity contribution in [1.29, 1.82) is 0 Å². The van der Waals surface area contributed by atoms with Crippen molar-refractivity contribution in [2.24, 2.45) is 0 Å². The average molecular weight is 195 g/mol. The van der Waals surface area contributed by atoms with Crippen LogP contribution < -0.4 is 4.90 Å². The maximum Gasteiger partial charge on any atom is 0.185 e. The highest BCUT2D eigenvalue weighted by Crippen LogP contribution is 2.34. The Kier molecular flexibility index (Phi) is 1.60. The number of likely N-dealkylation sites (N-methyl/N-ethyl adjacent to an activating group) is 1. The third-order valence-electron chi connectivity index (χ3n) is 3.18. The summed E-state index contributed by atoms with van der Waals surface area (Å²) in [6, 6.07) is 1.50. The van der Waals surface area contributed by atoms with Gasteiger partial charge in [0.15, 0.2) is 5.13 Å². The van der Waals surface area contributed by atoms with Crippen LogP contribution in [0.25, 0.3) is 0 Å². The standard InChI is InChI=1S/C9H13N3S/c1-11-5-8-4-7(11)6-12(8)9-10-2-3-13-9/h2-3,7-8H,4-6H2,1H3. The van der Waals surface area contributed by atoms with Crippen LogP contribution in [0.1, 0.15) is 6.42 Å². The van der Waals surface area contributed by atoms with Crippen LogP contribution in [0.4, 0.5) is 5.13 Å².